The Kier molecular flexibility index (Phi) is 10.9. The third-order valence-corrected chi connectivity index (χ3v) is 4.14. The van der Waals surface area contributed by atoms with Crippen LogP contribution in [-0.4, -0.2) is 39.2 Å². The molecule has 0 spiro atoms. The van der Waals surface area contributed by atoms with Gasteiger partial charge in [-0.3, -0.25) is 9.79 Å². The second-order valence-corrected chi connectivity index (χ2v) is 6.31. The number of methoxy groups -OCH3 is 1. The summed E-state index contributed by atoms with van der Waals surface area (Å²) >= 11 is 0. The fraction of sp³-hybridized carbons (Fsp3) is 0.333. The van der Waals surface area contributed by atoms with Crippen LogP contribution in [0.3, 0.4) is 0 Å². The van der Waals surface area contributed by atoms with E-state index in [1.54, 1.807) is 20.2 Å². The highest BCUT2D eigenvalue weighted by Gasteiger charge is 2.03. The van der Waals surface area contributed by atoms with Gasteiger partial charge in [-0.15, -0.1) is 24.0 Å². The normalized spacial score (nSPS) is 10.7. The van der Waals surface area contributed by atoms with Crippen molar-refractivity contribution in [2.24, 2.45) is 10.7 Å². The summed E-state index contributed by atoms with van der Waals surface area (Å²) in [6.07, 6.45) is 0.855. The minimum Gasteiger partial charge on any atom is -0.496 e. The molecule has 2 aromatic rings. The molecule has 2 rings (SSSR count). The van der Waals surface area contributed by atoms with Crippen molar-refractivity contribution < 1.29 is 14.3 Å². The Labute approximate surface area is 189 Å². The highest BCUT2D eigenvalue weighted by molar-refractivity contribution is 14.0. The lowest BCUT2D eigenvalue weighted by atomic mass is 10.1. The number of hydrogen-bond acceptors (Lipinski definition) is 4. The van der Waals surface area contributed by atoms with E-state index in [1.165, 1.54) is 5.56 Å². The molecule has 0 fully saturated rings. The first-order valence-electron chi connectivity index (χ1n) is 9.10. The van der Waals surface area contributed by atoms with Gasteiger partial charge < -0.3 is 25.8 Å². The minimum absolute atomic E-state index is 0. The first-order valence-corrected chi connectivity index (χ1v) is 9.10. The smallest absolute Gasteiger partial charge is 0.255 e. The molecule has 29 heavy (non-hydrogen) atoms. The monoisotopic (exact) mass is 512 g/mol. The van der Waals surface area contributed by atoms with Gasteiger partial charge in [-0.2, -0.15) is 0 Å². The molecular formula is C21H29IN4O3. The molecule has 0 aliphatic rings. The van der Waals surface area contributed by atoms with Gasteiger partial charge in [0.05, 0.1) is 7.11 Å². The number of guanidine groups is 1. The Morgan fingerprint density at radius 1 is 1.14 bits per heavy atom. The van der Waals surface area contributed by atoms with Gasteiger partial charge >= 0.3 is 0 Å². The molecule has 0 heterocycles. The lowest BCUT2D eigenvalue weighted by Gasteiger charge is -2.13. The van der Waals surface area contributed by atoms with E-state index in [2.05, 4.69) is 33.8 Å². The number of halogens is 1. The van der Waals surface area contributed by atoms with E-state index in [9.17, 15) is 4.79 Å². The van der Waals surface area contributed by atoms with E-state index in [-0.39, 0.29) is 30.6 Å². The highest BCUT2D eigenvalue weighted by Crippen LogP contribution is 2.19. The lowest BCUT2D eigenvalue weighted by molar-refractivity contribution is -0.119. The number of aliphatic imine (C=N–C) groups is 1. The van der Waals surface area contributed by atoms with E-state index in [0.29, 0.717) is 18.3 Å². The van der Waals surface area contributed by atoms with Crippen molar-refractivity contribution in [2.75, 3.05) is 27.3 Å². The number of primary amides is 1. The molecule has 2 aromatic carbocycles. The van der Waals surface area contributed by atoms with Gasteiger partial charge in [-0.05, 0) is 48.2 Å². The van der Waals surface area contributed by atoms with Crippen LogP contribution in [0.4, 0.5) is 0 Å². The summed E-state index contributed by atoms with van der Waals surface area (Å²) in [4.78, 5) is 15.1. The average molecular weight is 512 g/mol. The lowest BCUT2D eigenvalue weighted by Crippen LogP contribution is -2.37. The molecule has 8 heteroatoms. The molecule has 158 valence electrons. The second-order valence-electron chi connectivity index (χ2n) is 6.31. The van der Waals surface area contributed by atoms with Gasteiger partial charge in [0.1, 0.15) is 11.5 Å². The maximum absolute atomic E-state index is 10.8. The molecule has 0 aromatic heterocycles. The summed E-state index contributed by atoms with van der Waals surface area (Å²) in [5.41, 5.74) is 8.43. The van der Waals surface area contributed by atoms with E-state index < -0.39 is 5.91 Å². The topological polar surface area (TPSA) is 98.0 Å². The zero-order valence-corrected chi connectivity index (χ0v) is 19.4. The van der Waals surface area contributed by atoms with Crippen LogP contribution in [0.2, 0.25) is 0 Å². The Hall–Kier alpha value is -2.49. The van der Waals surface area contributed by atoms with E-state index >= 15 is 0 Å². The number of rotatable bonds is 9. The molecule has 1 amide bonds. The molecular weight excluding hydrogens is 483 g/mol. The number of carbonyl (C=O) groups is 1. The van der Waals surface area contributed by atoms with Crippen LogP contribution in [0.1, 0.15) is 16.7 Å². The molecule has 0 atom stereocenters. The highest BCUT2D eigenvalue weighted by atomic mass is 127. The van der Waals surface area contributed by atoms with E-state index in [0.717, 1.165) is 29.8 Å². The van der Waals surface area contributed by atoms with Crippen molar-refractivity contribution in [2.45, 2.75) is 19.9 Å². The molecule has 0 unspecified atom stereocenters. The van der Waals surface area contributed by atoms with Crippen molar-refractivity contribution >= 4 is 35.8 Å². The van der Waals surface area contributed by atoms with Crippen LogP contribution in [0.5, 0.6) is 11.5 Å². The predicted molar refractivity (Wildman–Crippen MR) is 126 cm³/mol. The van der Waals surface area contributed by atoms with Crippen molar-refractivity contribution in [3.63, 3.8) is 0 Å². The Morgan fingerprint density at radius 3 is 2.62 bits per heavy atom. The summed E-state index contributed by atoms with van der Waals surface area (Å²) in [6.45, 7) is 3.21. The van der Waals surface area contributed by atoms with Crippen LogP contribution in [0, 0.1) is 6.92 Å². The second kappa shape index (κ2) is 12.9. The van der Waals surface area contributed by atoms with E-state index in [1.807, 2.05) is 25.1 Å². The summed E-state index contributed by atoms with van der Waals surface area (Å²) in [5.74, 6) is 1.72. The van der Waals surface area contributed by atoms with Gasteiger partial charge in [0, 0.05) is 20.1 Å². The number of nitrogens with zero attached hydrogens (tertiary/aromatic N) is 1. The predicted octanol–water partition coefficient (Wildman–Crippen LogP) is 2.39. The van der Waals surface area contributed by atoms with Crippen LogP contribution >= 0.6 is 24.0 Å². The van der Waals surface area contributed by atoms with Crippen LogP contribution in [-0.2, 0) is 17.8 Å². The number of hydrogen-bond donors (Lipinski definition) is 3. The number of benzene rings is 2. The molecule has 0 saturated carbocycles. The van der Waals surface area contributed by atoms with Crippen molar-refractivity contribution in [1.29, 1.82) is 0 Å². The van der Waals surface area contributed by atoms with Crippen LogP contribution in [0.15, 0.2) is 47.5 Å². The number of nitrogens with two attached hydrogens (primary N) is 1. The third kappa shape index (κ3) is 8.59. The zero-order chi connectivity index (χ0) is 20.4. The number of amides is 1. The third-order valence-electron chi connectivity index (χ3n) is 4.14. The number of ether oxygens (including phenoxy) is 2. The van der Waals surface area contributed by atoms with Gasteiger partial charge in [-0.25, -0.2) is 0 Å². The Balaban J connectivity index is 0.00000420. The Bertz CT molecular complexity index is 827. The average Bonchev–Trinajstić information content (AvgIpc) is 2.70. The fourth-order valence-electron chi connectivity index (χ4n) is 2.65. The molecule has 0 aliphatic carbocycles. The minimum atomic E-state index is -0.501. The van der Waals surface area contributed by atoms with Gasteiger partial charge in [-0.1, -0.05) is 24.3 Å². The van der Waals surface area contributed by atoms with Gasteiger partial charge in [0.25, 0.3) is 5.91 Å². The molecule has 7 nitrogen and oxygen atoms in total. The number of carbonyl (C=O) groups excluding carboxylic acids is 1. The maximum atomic E-state index is 10.8. The van der Waals surface area contributed by atoms with Gasteiger partial charge in [0.2, 0.25) is 0 Å². The molecule has 4 N–H and O–H groups in total. The SMILES string of the molecule is CN=C(NCCc1ccc(C)c(OC)c1)NCc1cccc(OCC(N)=O)c1.I. The van der Waals surface area contributed by atoms with Crippen molar-refractivity contribution in [3.05, 3.63) is 59.2 Å². The van der Waals surface area contributed by atoms with Crippen LogP contribution in [0.25, 0.3) is 0 Å². The maximum Gasteiger partial charge on any atom is 0.255 e. The summed E-state index contributed by atoms with van der Waals surface area (Å²) in [6, 6.07) is 13.7. The van der Waals surface area contributed by atoms with Crippen molar-refractivity contribution in [3.8, 4) is 11.5 Å². The van der Waals surface area contributed by atoms with Crippen molar-refractivity contribution in [1.82, 2.24) is 10.6 Å². The molecule has 0 radical (unpaired) electrons. The first kappa shape index (κ1) is 24.5. The standard InChI is InChI=1S/C21H28N4O3.HI/c1-15-7-8-16(12-19(15)27-3)9-10-24-21(23-2)25-13-17-5-4-6-18(11-17)28-14-20(22)26;/h4-8,11-12H,9-10,13-14H2,1-3H3,(H2,22,26)(H2,23,24,25);1H. The largest absolute Gasteiger partial charge is 0.496 e. The molecule has 0 aliphatic heterocycles. The molecule has 0 saturated heterocycles. The van der Waals surface area contributed by atoms with Crippen LogP contribution < -0.4 is 25.8 Å². The Morgan fingerprint density at radius 2 is 1.93 bits per heavy atom. The summed E-state index contributed by atoms with van der Waals surface area (Å²) in [7, 11) is 3.42. The number of aryl methyl sites for hydroxylation is 1. The fourth-order valence-corrected chi connectivity index (χ4v) is 2.65. The zero-order valence-electron chi connectivity index (χ0n) is 17.0. The van der Waals surface area contributed by atoms with Gasteiger partial charge in [0.15, 0.2) is 12.6 Å². The summed E-state index contributed by atoms with van der Waals surface area (Å²) < 4.78 is 10.7. The quantitative estimate of drug-likeness (QED) is 0.273. The molecule has 0 bridgehead atoms. The number of nitrogens with one attached hydrogen (secondary N) is 2. The van der Waals surface area contributed by atoms with E-state index in [4.69, 9.17) is 15.2 Å². The first-order chi connectivity index (χ1) is 13.5. The summed E-state index contributed by atoms with van der Waals surface area (Å²) in [5, 5.41) is 6.56.